The van der Waals surface area contributed by atoms with Crippen molar-refractivity contribution in [1.29, 1.82) is 0 Å². The van der Waals surface area contributed by atoms with E-state index in [9.17, 15) is 13.2 Å². The van der Waals surface area contributed by atoms with E-state index in [1.165, 1.54) is 6.26 Å². The van der Waals surface area contributed by atoms with E-state index in [-0.39, 0.29) is 5.56 Å². The highest BCUT2D eigenvalue weighted by Crippen LogP contribution is 2.34. The van der Waals surface area contributed by atoms with Crippen LogP contribution >= 0.6 is 11.6 Å². The van der Waals surface area contributed by atoms with Gasteiger partial charge in [0, 0.05) is 23.6 Å². The second-order valence-corrected chi connectivity index (χ2v) is 4.24. The van der Waals surface area contributed by atoms with Gasteiger partial charge in [-0.15, -0.1) is 11.6 Å². The van der Waals surface area contributed by atoms with Crippen LogP contribution in [0.5, 0.6) is 0 Å². The highest BCUT2D eigenvalue weighted by molar-refractivity contribution is 6.22. The van der Waals surface area contributed by atoms with Crippen LogP contribution in [-0.2, 0) is 6.42 Å². The third-order valence-corrected chi connectivity index (χ3v) is 3.16. The maximum atomic E-state index is 13.6. The lowest BCUT2D eigenvalue weighted by Gasteiger charge is -2.11. The molecule has 0 bridgehead atoms. The third kappa shape index (κ3) is 2.25. The predicted octanol–water partition coefficient (Wildman–Crippen LogP) is 4.59. The first-order valence-electron chi connectivity index (χ1n) is 5.39. The molecule has 0 radical (unpaired) electrons. The summed E-state index contributed by atoms with van der Waals surface area (Å²) in [5.74, 6) is -2.64. The molecule has 1 atom stereocenters. The minimum atomic E-state index is -1.23. The van der Waals surface area contributed by atoms with Gasteiger partial charge in [0.1, 0.15) is 11.6 Å². The molecule has 0 amide bonds. The van der Waals surface area contributed by atoms with Gasteiger partial charge < -0.3 is 4.42 Å². The molecular weight excluding hydrogens is 265 g/mol. The smallest absolute Gasteiger partial charge is 0.161 e. The van der Waals surface area contributed by atoms with Crippen LogP contribution < -0.4 is 0 Å². The normalized spacial score (nSPS) is 12.7. The van der Waals surface area contributed by atoms with E-state index in [1.54, 1.807) is 6.07 Å². The van der Waals surface area contributed by atoms with Crippen molar-refractivity contribution in [2.45, 2.75) is 18.7 Å². The summed E-state index contributed by atoms with van der Waals surface area (Å²) in [6.45, 7) is 1.85. The largest absolute Gasteiger partial charge is 0.469 e. The van der Waals surface area contributed by atoms with Crippen LogP contribution in [0, 0.1) is 17.5 Å². The molecule has 0 N–H and O–H groups in total. The first kappa shape index (κ1) is 13.0. The lowest BCUT2D eigenvalue weighted by atomic mass is 10.0. The summed E-state index contributed by atoms with van der Waals surface area (Å²) in [6.07, 6.45) is 2.01. The average Bonchev–Trinajstić information content (AvgIpc) is 2.81. The van der Waals surface area contributed by atoms with Crippen molar-refractivity contribution in [2.75, 3.05) is 0 Å². The number of halogens is 4. The molecule has 0 aliphatic heterocycles. The molecule has 96 valence electrons. The van der Waals surface area contributed by atoms with Gasteiger partial charge in [0.25, 0.3) is 0 Å². The Balaban J connectivity index is 2.46. The van der Waals surface area contributed by atoms with Crippen LogP contribution in [-0.4, -0.2) is 0 Å². The number of alkyl halides is 1. The number of hydrogen-bond donors (Lipinski definition) is 0. The number of furan rings is 1. The van der Waals surface area contributed by atoms with E-state index in [4.69, 9.17) is 16.0 Å². The average molecular weight is 275 g/mol. The number of hydrogen-bond acceptors (Lipinski definition) is 1. The first-order chi connectivity index (χ1) is 8.54. The highest BCUT2D eigenvalue weighted by atomic mass is 35.5. The molecule has 1 nitrogen and oxygen atoms in total. The van der Waals surface area contributed by atoms with Gasteiger partial charge in [-0.3, -0.25) is 0 Å². The van der Waals surface area contributed by atoms with Crippen LogP contribution in [0.15, 0.2) is 28.9 Å². The molecule has 0 saturated carbocycles. The standard InChI is InChI=1S/C13H10ClF3O/c1-2-12-7(3-4-18-12)13(14)8-5-10(16)11(17)6-9(8)15/h3-6,13H,2H2,1H3. The lowest BCUT2D eigenvalue weighted by molar-refractivity contribution is 0.489. The molecule has 1 heterocycles. The molecule has 0 aliphatic carbocycles. The fourth-order valence-corrected chi connectivity index (χ4v) is 2.13. The fourth-order valence-electron chi connectivity index (χ4n) is 1.76. The Morgan fingerprint density at radius 3 is 2.44 bits per heavy atom. The van der Waals surface area contributed by atoms with Gasteiger partial charge in [0.05, 0.1) is 11.6 Å². The maximum Gasteiger partial charge on any atom is 0.161 e. The Morgan fingerprint density at radius 1 is 1.11 bits per heavy atom. The zero-order valence-corrected chi connectivity index (χ0v) is 10.3. The van der Waals surface area contributed by atoms with Crippen molar-refractivity contribution < 1.29 is 17.6 Å². The summed E-state index contributed by atoms with van der Waals surface area (Å²) in [6, 6.07) is 2.86. The first-order valence-corrected chi connectivity index (χ1v) is 5.83. The summed E-state index contributed by atoms with van der Waals surface area (Å²) in [5.41, 5.74) is 0.454. The summed E-state index contributed by atoms with van der Waals surface area (Å²) in [5, 5.41) is -0.909. The molecule has 18 heavy (non-hydrogen) atoms. The van der Waals surface area contributed by atoms with Crippen molar-refractivity contribution in [3.05, 3.63) is 58.8 Å². The van der Waals surface area contributed by atoms with Crippen LogP contribution in [0.1, 0.15) is 29.2 Å². The Kier molecular flexibility index (Phi) is 3.66. The fraction of sp³-hybridized carbons (Fsp3) is 0.231. The summed E-state index contributed by atoms with van der Waals surface area (Å²) < 4.78 is 44.7. The second kappa shape index (κ2) is 5.06. The molecule has 2 rings (SSSR count). The van der Waals surface area contributed by atoms with Crippen LogP contribution in [0.4, 0.5) is 13.2 Å². The maximum absolute atomic E-state index is 13.6. The molecule has 1 aromatic heterocycles. The van der Waals surface area contributed by atoms with Crippen LogP contribution in [0.2, 0.25) is 0 Å². The molecule has 0 saturated heterocycles. The molecule has 2 aromatic rings. The van der Waals surface area contributed by atoms with E-state index in [0.717, 1.165) is 6.07 Å². The lowest BCUT2D eigenvalue weighted by Crippen LogP contribution is -2.01. The van der Waals surface area contributed by atoms with Crippen LogP contribution in [0.25, 0.3) is 0 Å². The monoisotopic (exact) mass is 274 g/mol. The van der Waals surface area contributed by atoms with E-state index in [2.05, 4.69) is 0 Å². The van der Waals surface area contributed by atoms with Gasteiger partial charge in [0.2, 0.25) is 0 Å². The summed E-state index contributed by atoms with van der Waals surface area (Å²) in [7, 11) is 0. The van der Waals surface area contributed by atoms with Crippen LogP contribution in [0.3, 0.4) is 0 Å². The van der Waals surface area contributed by atoms with E-state index in [0.29, 0.717) is 23.8 Å². The Morgan fingerprint density at radius 2 is 1.78 bits per heavy atom. The molecule has 0 spiro atoms. The molecule has 1 aromatic carbocycles. The van der Waals surface area contributed by atoms with Gasteiger partial charge in [-0.1, -0.05) is 6.92 Å². The second-order valence-electron chi connectivity index (χ2n) is 3.80. The number of benzene rings is 1. The molecule has 1 unspecified atom stereocenters. The van der Waals surface area contributed by atoms with Gasteiger partial charge in [-0.25, -0.2) is 13.2 Å². The number of aryl methyl sites for hydroxylation is 1. The minimum absolute atomic E-state index is 0.105. The molecule has 5 heteroatoms. The number of rotatable bonds is 3. The zero-order valence-electron chi connectivity index (χ0n) is 9.51. The van der Waals surface area contributed by atoms with Crippen molar-refractivity contribution in [3.63, 3.8) is 0 Å². The molecule has 0 fully saturated rings. The predicted molar refractivity (Wildman–Crippen MR) is 62.1 cm³/mol. The van der Waals surface area contributed by atoms with Gasteiger partial charge >= 0.3 is 0 Å². The van der Waals surface area contributed by atoms with Crippen molar-refractivity contribution in [3.8, 4) is 0 Å². The van der Waals surface area contributed by atoms with Gasteiger partial charge in [-0.05, 0) is 12.1 Å². The molecule has 0 aliphatic rings. The zero-order chi connectivity index (χ0) is 13.3. The van der Waals surface area contributed by atoms with Crippen molar-refractivity contribution in [1.82, 2.24) is 0 Å². The van der Waals surface area contributed by atoms with Gasteiger partial charge in [-0.2, -0.15) is 0 Å². The van der Waals surface area contributed by atoms with Crippen molar-refractivity contribution in [2.24, 2.45) is 0 Å². The SMILES string of the molecule is CCc1occc1C(Cl)c1cc(F)c(F)cc1F. The Bertz CT molecular complexity index is 565. The third-order valence-electron chi connectivity index (χ3n) is 2.69. The van der Waals surface area contributed by atoms with E-state index >= 15 is 0 Å². The van der Waals surface area contributed by atoms with Gasteiger partial charge in [0.15, 0.2) is 11.6 Å². The van der Waals surface area contributed by atoms with E-state index in [1.807, 2.05) is 6.92 Å². The Hall–Kier alpha value is -1.42. The van der Waals surface area contributed by atoms with E-state index < -0.39 is 22.8 Å². The molecular formula is C13H10ClF3O. The quantitative estimate of drug-likeness (QED) is 0.589. The topological polar surface area (TPSA) is 13.1 Å². The summed E-state index contributed by atoms with van der Waals surface area (Å²) in [4.78, 5) is 0. The Labute approximate surface area is 107 Å². The van der Waals surface area contributed by atoms with Crippen molar-refractivity contribution >= 4 is 11.6 Å². The highest BCUT2D eigenvalue weighted by Gasteiger charge is 2.22. The minimum Gasteiger partial charge on any atom is -0.469 e. The summed E-state index contributed by atoms with van der Waals surface area (Å²) >= 11 is 6.10.